The van der Waals surface area contributed by atoms with Crippen molar-refractivity contribution >= 4 is 10.8 Å². The molecule has 0 saturated heterocycles. The normalized spacial score (nSPS) is 36.8. The lowest BCUT2D eigenvalue weighted by molar-refractivity contribution is 0.263. The summed E-state index contributed by atoms with van der Waals surface area (Å²) in [6, 6.07) is 0.183. The molecule has 0 aromatic rings. The SMILES string of the molecule is CC(C)C1CCC(N)C(S(=O)C2CCCCC2)C1. The summed E-state index contributed by atoms with van der Waals surface area (Å²) in [5, 5.41) is 0.718. The van der Waals surface area contributed by atoms with Crippen LogP contribution in [0.4, 0.5) is 0 Å². The molecule has 0 bridgehead atoms. The van der Waals surface area contributed by atoms with Gasteiger partial charge < -0.3 is 5.73 Å². The quantitative estimate of drug-likeness (QED) is 0.856. The molecular weight excluding hydrogens is 242 g/mol. The molecule has 18 heavy (non-hydrogen) atoms. The van der Waals surface area contributed by atoms with Gasteiger partial charge in [0.05, 0.1) is 5.25 Å². The van der Waals surface area contributed by atoms with Crippen LogP contribution in [0.15, 0.2) is 0 Å². The van der Waals surface area contributed by atoms with Crippen LogP contribution in [-0.4, -0.2) is 20.8 Å². The van der Waals surface area contributed by atoms with Gasteiger partial charge in [-0.3, -0.25) is 4.21 Å². The highest BCUT2D eigenvalue weighted by atomic mass is 32.2. The maximum Gasteiger partial charge on any atom is 0.0504 e. The first kappa shape index (κ1) is 14.5. The topological polar surface area (TPSA) is 43.1 Å². The predicted molar refractivity (Wildman–Crippen MR) is 79.0 cm³/mol. The Bertz CT molecular complexity index is 286. The molecule has 4 unspecified atom stereocenters. The van der Waals surface area contributed by atoms with E-state index in [2.05, 4.69) is 13.8 Å². The van der Waals surface area contributed by atoms with Crippen molar-refractivity contribution in [3.8, 4) is 0 Å². The fourth-order valence-corrected chi connectivity index (χ4v) is 5.81. The molecule has 0 heterocycles. The first-order valence-corrected chi connectivity index (χ1v) is 9.02. The van der Waals surface area contributed by atoms with E-state index in [0.717, 1.165) is 18.8 Å². The van der Waals surface area contributed by atoms with E-state index in [1.807, 2.05) is 0 Å². The Balaban J connectivity index is 1.98. The molecule has 0 amide bonds. The Morgan fingerprint density at radius 3 is 2.33 bits per heavy atom. The third-order valence-corrected chi connectivity index (χ3v) is 7.27. The van der Waals surface area contributed by atoms with Crippen molar-refractivity contribution in [2.24, 2.45) is 17.6 Å². The molecule has 4 atom stereocenters. The van der Waals surface area contributed by atoms with E-state index >= 15 is 0 Å². The summed E-state index contributed by atoms with van der Waals surface area (Å²) >= 11 is 0. The standard InChI is InChI=1S/C15H29NOS/c1-11(2)12-8-9-14(16)15(10-12)18(17)13-6-4-3-5-7-13/h11-15H,3-10,16H2,1-2H3. The number of hydrogen-bond donors (Lipinski definition) is 1. The Labute approximate surface area is 115 Å². The lowest BCUT2D eigenvalue weighted by Gasteiger charge is -2.37. The Hall–Kier alpha value is 0.110. The van der Waals surface area contributed by atoms with Crippen LogP contribution >= 0.6 is 0 Å². The maximum absolute atomic E-state index is 12.8. The van der Waals surface area contributed by atoms with Crippen LogP contribution in [0.1, 0.15) is 65.2 Å². The zero-order valence-electron chi connectivity index (χ0n) is 11.9. The van der Waals surface area contributed by atoms with Gasteiger partial charge in [-0.2, -0.15) is 0 Å². The van der Waals surface area contributed by atoms with Gasteiger partial charge >= 0.3 is 0 Å². The van der Waals surface area contributed by atoms with Gasteiger partial charge in [0.25, 0.3) is 0 Å². The predicted octanol–water partition coefficient (Wildman–Crippen LogP) is 3.22. The van der Waals surface area contributed by atoms with Crippen molar-refractivity contribution in [1.82, 2.24) is 0 Å². The lowest BCUT2D eigenvalue weighted by Crippen LogP contribution is -2.46. The van der Waals surface area contributed by atoms with E-state index in [-0.39, 0.29) is 11.3 Å². The summed E-state index contributed by atoms with van der Waals surface area (Å²) in [6.07, 6.45) is 9.62. The molecule has 2 rings (SSSR count). The second-order valence-corrected chi connectivity index (χ2v) is 8.54. The van der Waals surface area contributed by atoms with Gasteiger partial charge in [-0.1, -0.05) is 33.1 Å². The molecule has 106 valence electrons. The van der Waals surface area contributed by atoms with E-state index in [1.165, 1.54) is 38.5 Å². The summed E-state index contributed by atoms with van der Waals surface area (Å²) in [5.41, 5.74) is 6.26. The molecule has 2 aliphatic carbocycles. The molecular formula is C15H29NOS. The van der Waals surface area contributed by atoms with Crippen molar-refractivity contribution in [3.05, 3.63) is 0 Å². The van der Waals surface area contributed by atoms with Crippen LogP contribution in [0.25, 0.3) is 0 Å². The largest absolute Gasteiger partial charge is 0.327 e. The Morgan fingerprint density at radius 1 is 1.06 bits per heavy atom. The van der Waals surface area contributed by atoms with E-state index in [1.54, 1.807) is 0 Å². The Morgan fingerprint density at radius 2 is 1.72 bits per heavy atom. The smallest absolute Gasteiger partial charge is 0.0504 e. The number of rotatable bonds is 3. The van der Waals surface area contributed by atoms with E-state index in [0.29, 0.717) is 11.2 Å². The molecule has 0 radical (unpaired) electrons. The van der Waals surface area contributed by atoms with Gasteiger partial charge in [0, 0.05) is 22.1 Å². The maximum atomic E-state index is 12.8. The first-order valence-electron chi connectivity index (χ1n) is 7.74. The van der Waals surface area contributed by atoms with Crippen molar-refractivity contribution in [2.75, 3.05) is 0 Å². The summed E-state index contributed by atoms with van der Waals surface area (Å²) in [6.45, 7) is 4.59. The van der Waals surface area contributed by atoms with Gasteiger partial charge in [0.1, 0.15) is 0 Å². The third-order valence-electron chi connectivity index (χ3n) is 5.01. The van der Waals surface area contributed by atoms with Gasteiger partial charge in [-0.05, 0) is 43.9 Å². The molecule has 3 heteroatoms. The third kappa shape index (κ3) is 3.36. The van der Waals surface area contributed by atoms with Crippen LogP contribution in [-0.2, 0) is 10.8 Å². The minimum Gasteiger partial charge on any atom is -0.327 e. The lowest BCUT2D eigenvalue weighted by atomic mass is 9.79. The van der Waals surface area contributed by atoms with Crippen LogP contribution in [0.2, 0.25) is 0 Å². The van der Waals surface area contributed by atoms with E-state index in [9.17, 15) is 4.21 Å². The average molecular weight is 271 g/mol. The van der Waals surface area contributed by atoms with Gasteiger partial charge in [0.15, 0.2) is 0 Å². The minimum atomic E-state index is -0.685. The Kier molecular flexibility index (Phi) is 5.25. The molecule has 0 aromatic carbocycles. The molecule has 2 aliphatic rings. The molecule has 0 aromatic heterocycles. The molecule has 2 saturated carbocycles. The first-order chi connectivity index (χ1) is 8.59. The molecule has 2 fully saturated rings. The highest BCUT2D eigenvalue weighted by Gasteiger charge is 2.36. The molecule has 2 N–H and O–H groups in total. The minimum absolute atomic E-state index is 0.183. The summed E-state index contributed by atoms with van der Waals surface area (Å²) in [4.78, 5) is 0. The van der Waals surface area contributed by atoms with Gasteiger partial charge in [0.2, 0.25) is 0 Å². The van der Waals surface area contributed by atoms with Gasteiger partial charge in [-0.25, -0.2) is 0 Å². The number of hydrogen-bond acceptors (Lipinski definition) is 2. The van der Waals surface area contributed by atoms with Crippen molar-refractivity contribution in [2.45, 2.75) is 81.8 Å². The second-order valence-electron chi connectivity index (χ2n) is 6.61. The fraction of sp³-hybridized carbons (Fsp3) is 1.00. The highest BCUT2D eigenvalue weighted by Crippen LogP contribution is 2.35. The van der Waals surface area contributed by atoms with Crippen molar-refractivity contribution < 1.29 is 4.21 Å². The average Bonchev–Trinajstić information content (AvgIpc) is 2.39. The zero-order valence-corrected chi connectivity index (χ0v) is 12.8. The fourth-order valence-electron chi connectivity index (χ4n) is 3.60. The number of nitrogens with two attached hydrogens (primary N) is 1. The molecule has 2 nitrogen and oxygen atoms in total. The van der Waals surface area contributed by atoms with Crippen molar-refractivity contribution in [3.63, 3.8) is 0 Å². The molecule has 0 spiro atoms. The van der Waals surface area contributed by atoms with Crippen LogP contribution in [0, 0.1) is 11.8 Å². The summed E-state index contributed by atoms with van der Waals surface area (Å²) in [7, 11) is -0.685. The van der Waals surface area contributed by atoms with Crippen LogP contribution < -0.4 is 5.73 Å². The van der Waals surface area contributed by atoms with E-state index in [4.69, 9.17) is 5.73 Å². The zero-order chi connectivity index (χ0) is 13.1. The highest BCUT2D eigenvalue weighted by molar-refractivity contribution is 7.86. The van der Waals surface area contributed by atoms with Crippen LogP contribution in [0.5, 0.6) is 0 Å². The van der Waals surface area contributed by atoms with Gasteiger partial charge in [-0.15, -0.1) is 0 Å². The summed E-state index contributed by atoms with van der Waals surface area (Å²) < 4.78 is 12.8. The summed E-state index contributed by atoms with van der Waals surface area (Å²) in [5.74, 6) is 1.45. The monoisotopic (exact) mass is 271 g/mol. The molecule has 0 aliphatic heterocycles. The van der Waals surface area contributed by atoms with Crippen molar-refractivity contribution in [1.29, 1.82) is 0 Å². The van der Waals surface area contributed by atoms with E-state index < -0.39 is 10.8 Å². The second kappa shape index (κ2) is 6.51. The van der Waals surface area contributed by atoms with Crippen LogP contribution in [0.3, 0.4) is 0 Å².